The van der Waals surface area contributed by atoms with Crippen molar-refractivity contribution >= 4 is 43.0 Å². The van der Waals surface area contributed by atoms with E-state index in [4.69, 9.17) is 9.53 Å². The molecule has 0 radical (unpaired) electrons. The zero-order chi connectivity index (χ0) is 32.8. The Kier molecular flexibility index (Phi) is 11.7. The molecule has 8 nitrogen and oxygen atoms in total. The third kappa shape index (κ3) is 8.82. The summed E-state index contributed by atoms with van der Waals surface area (Å²) in [5, 5.41) is 12.7. The number of amides is 3. The van der Waals surface area contributed by atoms with Crippen LogP contribution < -0.4 is 10.6 Å². The van der Waals surface area contributed by atoms with Crippen molar-refractivity contribution in [3.63, 3.8) is 0 Å². The van der Waals surface area contributed by atoms with Gasteiger partial charge < -0.3 is 15.1 Å². The van der Waals surface area contributed by atoms with E-state index in [1.807, 2.05) is 88.4 Å². The maximum Gasteiger partial charge on any atom is 0.249 e. The minimum Gasteiger partial charge on any atom is -0.415 e. The Balaban J connectivity index is 1.77. The summed E-state index contributed by atoms with van der Waals surface area (Å²) in [5.74, 6) is -0.826. The van der Waals surface area contributed by atoms with Gasteiger partial charge in [0, 0.05) is 18.4 Å². The fourth-order valence-electron chi connectivity index (χ4n) is 4.55. The number of hydrogen-bond donors (Lipinski definition) is 2. The van der Waals surface area contributed by atoms with Crippen molar-refractivity contribution in [3.05, 3.63) is 71.8 Å². The summed E-state index contributed by atoms with van der Waals surface area (Å²) in [5.41, 5.74) is 1.06. The van der Waals surface area contributed by atoms with Gasteiger partial charge in [-0.15, -0.1) is 5.10 Å². The molecule has 2 aromatic rings. The van der Waals surface area contributed by atoms with Crippen LogP contribution >= 0.6 is 11.8 Å². The van der Waals surface area contributed by atoms with E-state index < -0.39 is 24.5 Å². The summed E-state index contributed by atoms with van der Waals surface area (Å²) in [4.78, 5) is 39.1. The van der Waals surface area contributed by atoms with Gasteiger partial charge in [0.2, 0.25) is 17.7 Å². The lowest BCUT2D eigenvalue weighted by molar-refractivity contribution is -0.143. The first-order chi connectivity index (χ1) is 20.5. The van der Waals surface area contributed by atoms with E-state index in [2.05, 4.69) is 44.5 Å². The van der Waals surface area contributed by atoms with Crippen LogP contribution in [0.3, 0.4) is 0 Å². The first-order valence-corrected chi connectivity index (χ1v) is 19.1. The zero-order valence-corrected chi connectivity index (χ0v) is 29.6. The minimum absolute atomic E-state index is 0.0603. The van der Waals surface area contributed by atoms with Gasteiger partial charge in [0.25, 0.3) is 0 Å². The van der Waals surface area contributed by atoms with Crippen molar-refractivity contribution in [3.8, 4) is 0 Å². The number of amidine groups is 1. The molecule has 10 heteroatoms. The van der Waals surface area contributed by atoms with Crippen LogP contribution in [-0.2, 0) is 23.7 Å². The van der Waals surface area contributed by atoms with Crippen LogP contribution in [0.15, 0.2) is 65.8 Å². The molecule has 0 aliphatic carbocycles. The number of hydrogen-bond acceptors (Lipinski definition) is 6. The van der Waals surface area contributed by atoms with Crippen LogP contribution in [-0.4, -0.2) is 49.4 Å². The lowest BCUT2D eigenvalue weighted by Gasteiger charge is -2.38. The Bertz CT molecular complexity index is 1320. The number of carbonyl (C=O) groups is 3. The van der Waals surface area contributed by atoms with E-state index in [0.29, 0.717) is 37.6 Å². The van der Waals surface area contributed by atoms with Crippen molar-refractivity contribution < 1.29 is 18.8 Å². The summed E-state index contributed by atoms with van der Waals surface area (Å²) in [7, 11) is -1.88. The van der Waals surface area contributed by atoms with E-state index in [-0.39, 0.29) is 22.8 Å². The van der Waals surface area contributed by atoms with Gasteiger partial charge in [-0.25, -0.2) is 5.01 Å². The van der Waals surface area contributed by atoms with Crippen LogP contribution in [0.25, 0.3) is 0 Å². The average Bonchev–Trinajstić information content (AvgIpc) is 3.32. The van der Waals surface area contributed by atoms with Crippen LogP contribution in [0.5, 0.6) is 0 Å². The minimum atomic E-state index is -1.88. The molecule has 240 valence electrons. The molecule has 2 atom stereocenters. The third-order valence-electron chi connectivity index (χ3n) is 8.39. The van der Waals surface area contributed by atoms with Crippen LogP contribution in [0.4, 0.5) is 0 Å². The largest absolute Gasteiger partial charge is 0.415 e. The van der Waals surface area contributed by atoms with E-state index >= 15 is 0 Å². The van der Waals surface area contributed by atoms with Crippen molar-refractivity contribution in [1.82, 2.24) is 15.6 Å². The highest BCUT2D eigenvalue weighted by molar-refractivity contribution is 8.14. The van der Waals surface area contributed by atoms with Gasteiger partial charge in [0.15, 0.2) is 13.5 Å². The van der Waals surface area contributed by atoms with Crippen molar-refractivity contribution in [1.29, 1.82) is 0 Å². The molecule has 1 heterocycles. The molecule has 0 saturated carbocycles. The molecule has 2 unspecified atom stereocenters. The fraction of sp³-hybridized carbons (Fsp3) is 0.529. The van der Waals surface area contributed by atoms with Crippen molar-refractivity contribution in [2.45, 2.75) is 96.6 Å². The molecule has 3 amide bonds. The highest BCUT2D eigenvalue weighted by Crippen LogP contribution is 2.50. The molecule has 0 bridgehead atoms. The SMILES string of the molecule is CC(C(=O)NC1=NN(C(=O)C(C)(C)C)C(CCCC(=O)NCCO[Si](C)(C)C(C)(C)C)(c2ccccc2)S1)c1ccccc1. The average molecular weight is 639 g/mol. The lowest BCUT2D eigenvalue weighted by atomic mass is 9.92. The van der Waals surface area contributed by atoms with Crippen molar-refractivity contribution in [2.24, 2.45) is 10.5 Å². The standard InChI is InChI=1S/C34H50N4O4SSi/c1-25(26-17-12-10-13-18-26)29(40)36-31-37-38(30(41)32(2,3)4)34(43-31,27-19-14-11-15-20-27)22-16-21-28(39)35-23-24-42-44(8,9)33(5,6)7/h10-15,17-20,25H,16,21-24H2,1-9H3,(H,35,39)(H,36,37,40). The van der Waals surface area contributed by atoms with Gasteiger partial charge in [-0.2, -0.15) is 0 Å². The number of benzene rings is 2. The second-order valence-electron chi connectivity index (χ2n) is 14.0. The number of nitrogens with one attached hydrogen (secondary N) is 2. The monoisotopic (exact) mass is 638 g/mol. The van der Waals surface area contributed by atoms with E-state index in [1.54, 1.807) is 0 Å². The number of nitrogens with zero attached hydrogens (tertiary/aromatic N) is 2. The Labute approximate surface area is 268 Å². The summed E-state index contributed by atoms with van der Waals surface area (Å²) in [6, 6.07) is 19.3. The molecule has 44 heavy (non-hydrogen) atoms. The van der Waals surface area contributed by atoms with Crippen LogP contribution in [0, 0.1) is 5.41 Å². The molecule has 1 aliphatic rings. The van der Waals surface area contributed by atoms with Gasteiger partial charge in [0.1, 0.15) is 4.87 Å². The quantitative estimate of drug-likeness (QED) is 0.205. The Morgan fingerprint density at radius 2 is 1.57 bits per heavy atom. The highest BCUT2D eigenvalue weighted by Gasteiger charge is 2.50. The maximum atomic E-state index is 13.9. The zero-order valence-electron chi connectivity index (χ0n) is 27.8. The molecule has 0 saturated heterocycles. The van der Waals surface area contributed by atoms with Gasteiger partial charge in [-0.05, 0) is 49.0 Å². The van der Waals surface area contributed by atoms with Crippen LogP contribution in [0.1, 0.15) is 84.8 Å². The smallest absolute Gasteiger partial charge is 0.249 e. The van der Waals surface area contributed by atoms with Gasteiger partial charge in [0.05, 0.1) is 12.5 Å². The molecular formula is C34H50N4O4SSi. The van der Waals surface area contributed by atoms with Gasteiger partial charge >= 0.3 is 0 Å². The lowest BCUT2D eigenvalue weighted by Crippen LogP contribution is -2.46. The summed E-state index contributed by atoms with van der Waals surface area (Å²) in [6.07, 6.45) is 1.27. The number of carbonyl (C=O) groups excluding carboxylic acids is 3. The van der Waals surface area contributed by atoms with Crippen LogP contribution in [0.2, 0.25) is 18.1 Å². The van der Waals surface area contributed by atoms with E-state index in [0.717, 1.165) is 11.1 Å². The normalized spacial score (nSPS) is 18.0. The molecular weight excluding hydrogens is 589 g/mol. The molecule has 0 aromatic heterocycles. The predicted octanol–water partition coefficient (Wildman–Crippen LogP) is 6.96. The topological polar surface area (TPSA) is 100 Å². The molecule has 2 aromatic carbocycles. The van der Waals surface area contributed by atoms with Crippen molar-refractivity contribution in [2.75, 3.05) is 13.2 Å². The Hall–Kier alpha value is -2.95. The second kappa shape index (κ2) is 14.4. The second-order valence-corrected chi connectivity index (χ2v) is 20.0. The molecule has 3 rings (SSSR count). The summed E-state index contributed by atoms with van der Waals surface area (Å²) < 4.78 is 6.19. The molecule has 0 fully saturated rings. The number of rotatable bonds is 11. The molecule has 1 aliphatic heterocycles. The predicted molar refractivity (Wildman–Crippen MR) is 182 cm³/mol. The first-order valence-electron chi connectivity index (χ1n) is 15.4. The number of thioether (sulfide) groups is 1. The first kappa shape index (κ1) is 35.5. The molecule has 0 spiro atoms. The van der Waals surface area contributed by atoms with Gasteiger partial charge in [-0.1, -0.05) is 114 Å². The maximum absolute atomic E-state index is 13.9. The third-order valence-corrected chi connectivity index (χ3v) is 14.3. The number of hydrazone groups is 1. The summed E-state index contributed by atoms with van der Waals surface area (Å²) in [6.45, 7) is 19.3. The highest BCUT2D eigenvalue weighted by atomic mass is 32.2. The Morgan fingerprint density at radius 1 is 0.977 bits per heavy atom. The fourth-order valence-corrected chi connectivity index (χ4v) is 6.90. The van der Waals surface area contributed by atoms with E-state index in [9.17, 15) is 14.4 Å². The Morgan fingerprint density at radius 3 is 2.14 bits per heavy atom. The summed E-state index contributed by atoms with van der Waals surface area (Å²) >= 11 is 1.36. The van der Waals surface area contributed by atoms with Gasteiger partial charge in [-0.3, -0.25) is 14.4 Å². The molecule has 2 N–H and O–H groups in total. The van der Waals surface area contributed by atoms with E-state index in [1.165, 1.54) is 16.8 Å².